The lowest BCUT2D eigenvalue weighted by Gasteiger charge is -2.08. The van der Waals surface area contributed by atoms with Gasteiger partial charge in [-0.25, -0.2) is 0 Å². The summed E-state index contributed by atoms with van der Waals surface area (Å²) < 4.78 is 0. The molecule has 2 rings (SSSR count). The molecular weight excluding hydrogens is 252 g/mol. The van der Waals surface area contributed by atoms with Crippen molar-refractivity contribution in [1.82, 2.24) is 20.2 Å². The molecule has 0 aliphatic carbocycles. The molecule has 0 saturated carbocycles. The molecule has 5 nitrogen and oxygen atoms in total. The van der Waals surface area contributed by atoms with Gasteiger partial charge < -0.3 is 0 Å². The minimum Gasteiger partial charge on any atom is -0.300 e. The van der Waals surface area contributed by atoms with Crippen LogP contribution in [-0.4, -0.2) is 26.0 Å². The van der Waals surface area contributed by atoms with Crippen LogP contribution in [-0.2, 0) is 4.79 Å². The van der Waals surface area contributed by atoms with Gasteiger partial charge in [0.25, 0.3) is 0 Å². The summed E-state index contributed by atoms with van der Waals surface area (Å²) in [5.41, 5.74) is 0.934. The molecule has 0 aliphatic heterocycles. The smallest absolute Gasteiger partial charge is 0.204 e. The number of carbonyl (C=O) groups excluding carboxylic acids is 1. The Morgan fingerprint density at radius 1 is 1.30 bits per heavy atom. The highest BCUT2D eigenvalue weighted by atomic mass is 16.1. The Morgan fingerprint density at radius 2 is 2.05 bits per heavy atom. The van der Waals surface area contributed by atoms with Crippen LogP contribution < -0.4 is 0 Å². The first-order chi connectivity index (χ1) is 9.70. The highest BCUT2D eigenvalue weighted by Crippen LogP contribution is 2.15. The second kappa shape index (κ2) is 6.93. The van der Waals surface area contributed by atoms with Crippen LogP contribution in [0.4, 0.5) is 0 Å². The third-order valence-electron chi connectivity index (χ3n) is 3.19. The van der Waals surface area contributed by atoms with Crippen LogP contribution in [0.2, 0.25) is 0 Å². The van der Waals surface area contributed by atoms with E-state index in [2.05, 4.69) is 22.3 Å². The van der Waals surface area contributed by atoms with Gasteiger partial charge in [-0.15, -0.1) is 10.2 Å². The zero-order chi connectivity index (χ0) is 14.4. The molecule has 0 amide bonds. The lowest BCUT2D eigenvalue weighted by Crippen LogP contribution is -2.13. The molecule has 0 aliphatic rings. The first-order valence-corrected chi connectivity index (χ1v) is 7.07. The number of hydrogen-bond acceptors (Lipinski definition) is 4. The average Bonchev–Trinajstić information content (AvgIpc) is 2.96. The first-order valence-electron chi connectivity index (χ1n) is 7.07. The fraction of sp³-hybridized carbons (Fsp3) is 0.467. The van der Waals surface area contributed by atoms with Crippen LogP contribution in [0.3, 0.4) is 0 Å². The Bertz CT molecular complexity index is 550. The third-order valence-corrected chi connectivity index (χ3v) is 3.19. The van der Waals surface area contributed by atoms with Crippen molar-refractivity contribution in [2.45, 2.75) is 45.6 Å². The molecular formula is C15H20N4O. The molecule has 1 aromatic heterocycles. The van der Waals surface area contributed by atoms with E-state index in [9.17, 15) is 4.79 Å². The highest BCUT2D eigenvalue weighted by molar-refractivity contribution is 5.78. The van der Waals surface area contributed by atoms with Crippen LogP contribution in [0.25, 0.3) is 11.4 Å². The summed E-state index contributed by atoms with van der Waals surface area (Å²) >= 11 is 0. The lowest BCUT2D eigenvalue weighted by atomic mass is 10.1. The van der Waals surface area contributed by atoms with E-state index in [0.29, 0.717) is 18.7 Å². The Balaban J connectivity index is 2.00. The van der Waals surface area contributed by atoms with Gasteiger partial charge in [0.05, 0.1) is 6.04 Å². The molecule has 0 bridgehead atoms. The zero-order valence-electron chi connectivity index (χ0n) is 12.0. The summed E-state index contributed by atoms with van der Waals surface area (Å²) in [5.74, 6) is 0.858. The van der Waals surface area contributed by atoms with E-state index in [1.807, 2.05) is 37.3 Å². The van der Waals surface area contributed by atoms with Gasteiger partial charge in [-0.2, -0.15) is 4.80 Å². The number of ketones is 1. The Morgan fingerprint density at radius 3 is 2.75 bits per heavy atom. The number of benzene rings is 1. The number of nitrogens with zero attached hydrogens (tertiary/aromatic N) is 4. The minimum absolute atomic E-state index is 0.0516. The van der Waals surface area contributed by atoms with Crippen LogP contribution in [0.5, 0.6) is 0 Å². The van der Waals surface area contributed by atoms with E-state index in [1.54, 1.807) is 0 Å². The Labute approximate surface area is 119 Å². The fourth-order valence-electron chi connectivity index (χ4n) is 2.00. The number of carbonyl (C=O) groups is 1. The molecule has 0 unspecified atom stereocenters. The molecule has 2 aromatic rings. The summed E-state index contributed by atoms with van der Waals surface area (Å²) in [6, 6.07) is 9.66. The highest BCUT2D eigenvalue weighted by Gasteiger charge is 2.14. The van der Waals surface area contributed by atoms with E-state index in [0.717, 1.165) is 18.4 Å². The molecule has 0 N–H and O–H groups in total. The van der Waals surface area contributed by atoms with E-state index in [-0.39, 0.29) is 11.8 Å². The Kier molecular flexibility index (Phi) is 4.98. The fourth-order valence-corrected chi connectivity index (χ4v) is 2.00. The molecule has 0 fully saturated rings. The number of tetrazole rings is 1. The molecule has 106 valence electrons. The van der Waals surface area contributed by atoms with Crippen molar-refractivity contribution in [2.24, 2.45) is 0 Å². The van der Waals surface area contributed by atoms with E-state index in [1.165, 1.54) is 4.80 Å². The number of unbranched alkanes of at least 4 members (excludes halogenated alkanes) is 1. The van der Waals surface area contributed by atoms with Gasteiger partial charge in [0, 0.05) is 18.4 Å². The third kappa shape index (κ3) is 3.73. The van der Waals surface area contributed by atoms with Crippen LogP contribution in [0, 0.1) is 0 Å². The van der Waals surface area contributed by atoms with E-state index < -0.39 is 0 Å². The van der Waals surface area contributed by atoms with E-state index in [4.69, 9.17) is 0 Å². The van der Waals surface area contributed by atoms with E-state index >= 15 is 0 Å². The molecule has 1 aromatic carbocycles. The van der Waals surface area contributed by atoms with Crippen molar-refractivity contribution >= 4 is 5.78 Å². The zero-order valence-corrected chi connectivity index (χ0v) is 12.0. The maximum Gasteiger partial charge on any atom is 0.204 e. The predicted octanol–water partition coefficient (Wildman–Crippen LogP) is 3.05. The molecule has 0 radical (unpaired) electrons. The van der Waals surface area contributed by atoms with Crippen molar-refractivity contribution in [2.75, 3.05) is 0 Å². The molecule has 1 atom stereocenters. The Hall–Kier alpha value is -2.04. The van der Waals surface area contributed by atoms with Crippen molar-refractivity contribution < 1.29 is 4.79 Å². The van der Waals surface area contributed by atoms with Crippen LogP contribution in [0.15, 0.2) is 30.3 Å². The lowest BCUT2D eigenvalue weighted by molar-refractivity contribution is -0.119. The maximum atomic E-state index is 11.8. The summed E-state index contributed by atoms with van der Waals surface area (Å²) in [7, 11) is 0. The molecule has 20 heavy (non-hydrogen) atoms. The van der Waals surface area contributed by atoms with Crippen molar-refractivity contribution in [3.05, 3.63) is 30.3 Å². The molecule has 1 heterocycles. The van der Waals surface area contributed by atoms with Gasteiger partial charge in [0.15, 0.2) is 0 Å². The van der Waals surface area contributed by atoms with Gasteiger partial charge >= 0.3 is 0 Å². The number of Topliss-reactive ketones (excluding diaryl/α,β-unsaturated/α-hetero) is 1. The van der Waals surface area contributed by atoms with Crippen molar-refractivity contribution in [1.29, 1.82) is 0 Å². The largest absolute Gasteiger partial charge is 0.300 e. The summed E-state index contributed by atoms with van der Waals surface area (Å²) in [6.45, 7) is 4.03. The topological polar surface area (TPSA) is 60.7 Å². The monoisotopic (exact) mass is 272 g/mol. The first kappa shape index (κ1) is 14.4. The maximum absolute atomic E-state index is 11.8. The van der Waals surface area contributed by atoms with Gasteiger partial charge in [-0.05, 0) is 18.6 Å². The van der Waals surface area contributed by atoms with Crippen molar-refractivity contribution in [3.8, 4) is 11.4 Å². The predicted molar refractivity (Wildman–Crippen MR) is 77.1 cm³/mol. The van der Waals surface area contributed by atoms with Gasteiger partial charge in [0.2, 0.25) is 5.82 Å². The second-order valence-electron chi connectivity index (χ2n) is 4.99. The summed E-state index contributed by atoms with van der Waals surface area (Å²) in [4.78, 5) is 13.3. The number of hydrogen-bond donors (Lipinski definition) is 0. The van der Waals surface area contributed by atoms with Gasteiger partial charge in [-0.1, -0.05) is 43.7 Å². The van der Waals surface area contributed by atoms with Crippen LogP contribution in [0.1, 0.15) is 45.6 Å². The summed E-state index contributed by atoms with van der Waals surface area (Å²) in [6.07, 6.45) is 3.09. The molecule has 0 saturated heterocycles. The average molecular weight is 272 g/mol. The number of aromatic nitrogens is 4. The second-order valence-corrected chi connectivity index (χ2v) is 4.99. The molecule has 5 heteroatoms. The van der Waals surface area contributed by atoms with Crippen LogP contribution >= 0.6 is 0 Å². The normalized spacial score (nSPS) is 12.3. The standard InChI is InChI=1S/C15H20N4O/c1-3-4-10-14(20)11-12(2)19-17-15(16-18-19)13-8-6-5-7-9-13/h5-9,12H,3-4,10-11H2,1-2H3/t12-/m0/s1. The van der Waals surface area contributed by atoms with Crippen molar-refractivity contribution in [3.63, 3.8) is 0 Å². The minimum atomic E-state index is -0.0516. The van der Waals surface area contributed by atoms with Gasteiger partial charge in [-0.3, -0.25) is 4.79 Å². The summed E-state index contributed by atoms with van der Waals surface area (Å²) in [5, 5.41) is 12.5. The molecule has 0 spiro atoms. The number of rotatable bonds is 7. The van der Waals surface area contributed by atoms with Gasteiger partial charge in [0.1, 0.15) is 5.78 Å². The SMILES string of the molecule is CCCCC(=O)C[C@H](C)n1nnc(-c2ccccc2)n1. The quantitative estimate of drug-likeness (QED) is 0.777.